The highest BCUT2D eigenvalue weighted by Gasteiger charge is 2.15. The van der Waals surface area contributed by atoms with E-state index in [-0.39, 0.29) is 0 Å². The normalized spacial score (nSPS) is 10.9. The van der Waals surface area contributed by atoms with Crippen LogP contribution in [0.4, 0.5) is 0 Å². The zero-order chi connectivity index (χ0) is 20.2. The van der Waals surface area contributed by atoms with Crippen LogP contribution in [0.15, 0.2) is 98.6 Å². The molecule has 0 fully saturated rings. The summed E-state index contributed by atoms with van der Waals surface area (Å²) in [6.07, 6.45) is 19.0. The highest BCUT2D eigenvalue weighted by molar-refractivity contribution is 5.21. The number of pyridine rings is 2. The first kappa shape index (κ1) is 17.9. The summed E-state index contributed by atoms with van der Waals surface area (Å²) in [4.78, 5) is 17.9. The summed E-state index contributed by atoms with van der Waals surface area (Å²) >= 11 is 0. The molecule has 0 spiro atoms. The van der Waals surface area contributed by atoms with Crippen LogP contribution >= 0.6 is 0 Å². The Morgan fingerprint density at radius 3 is 1.53 bits per heavy atom. The Kier molecular flexibility index (Phi) is 4.79. The molecule has 5 aromatic rings. The maximum atomic E-state index is 4.58. The van der Waals surface area contributed by atoms with Crippen LogP contribution in [0, 0.1) is 0 Å². The summed E-state index contributed by atoms with van der Waals surface area (Å²) in [5.41, 5.74) is 1.86. The quantitative estimate of drug-likeness (QED) is 0.408. The fraction of sp³-hybridized carbons (Fsp3) is 0.0909. The van der Waals surface area contributed by atoms with E-state index in [0.29, 0.717) is 13.1 Å². The number of hydrogen-bond acceptors (Lipinski definition) is 4. The van der Waals surface area contributed by atoms with Crippen LogP contribution in [0.5, 0.6) is 0 Å². The summed E-state index contributed by atoms with van der Waals surface area (Å²) in [6.45, 7) is 1.26. The zero-order valence-corrected chi connectivity index (χ0v) is 16.2. The lowest BCUT2D eigenvalue weighted by molar-refractivity contribution is -0.693. The molecule has 8 nitrogen and oxygen atoms in total. The van der Waals surface area contributed by atoms with E-state index in [1.54, 1.807) is 24.8 Å². The van der Waals surface area contributed by atoms with Gasteiger partial charge in [-0.3, -0.25) is 9.97 Å². The lowest BCUT2D eigenvalue weighted by Crippen LogP contribution is -2.36. The van der Waals surface area contributed by atoms with Crippen LogP contribution in [-0.4, -0.2) is 29.1 Å². The van der Waals surface area contributed by atoms with Crippen molar-refractivity contribution in [2.24, 2.45) is 0 Å². The first-order valence-electron chi connectivity index (χ1n) is 9.61. The van der Waals surface area contributed by atoms with E-state index < -0.39 is 0 Å². The van der Waals surface area contributed by atoms with E-state index >= 15 is 0 Å². The molecule has 5 heterocycles. The Bertz CT molecular complexity index is 1150. The zero-order valence-electron chi connectivity index (χ0n) is 16.2. The highest BCUT2D eigenvalue weighted by atomic mass is 15.2. The van der Waals surface area contributed by atoms with Crippen LogP contribution in [0.2, 0.25) is 0 Å². The van der Waals surface area contributed by atoms with Crippen LogP contribution in [-0.2, 0) is 13.1 Å². The Balaban J connectivity index is 1.35. The monoisotopic (exact) mass is 396 g/mol. The van der Waals surface area contributed by atoms with Crippen molar-refractivity contribution < 1.29 is 9.13 Å². The van der Waals surface area contributed by atoms with Crippen LogP contribution < -0.4 is 9.13 Å². The van der Waals surface area contributed by atoms with Crippen molar-refractivity contribution in [2.75, 3.05) is 0 Å². The summed E-state index contributed by atoms with van der Waals surface area (Å²) in [5.74, 6) is 1.75. The molecule has 0 atom stereocenters. The minimum absolute atomic E-state index is 0.629. The number of imidazole rings is 2. The molecule has 0 aliphatic carbocycles. The van der Waals surface area contributed by atoms with Crippen LogP contribution in [0.3, 0.4) is 0 Å². The second kappa shape index (κ2) is 8.04. The van der Waals surface area contributed by atoms with Crippen molar-refractivity contribution in [1.82, 2.24) is 29.1 Å². The Hall–Kier alpha value is -4.20. The molecule has 30 heavy (non-hydrogen) atoms. The summed E-state index contributed by atoms with van der Waals surface area (Å²) in [7, 11) is 0. The molecule has 0 bridgehead atoms. The fourth-order valence-electron chi connectivity index (χ4n) is 3.27. The van der Waals surface area contributed by atoms with Gasteiger partial charge in [0.15, 0.2) is 0 Å². The van der Waals surface area contributed by atoms with Gasteiger partial charge in [-0.2, -0.15) is 9.13 Å². The van der Waals surface area contributed by atoms with E-state index in [0.717, 1.165) is 23.0 Å². The number of aromatic nitrogens is 8. The Morgan fingerprint density at radius 1 is 0.600 bits per heavy atom. The highest BCUT2D eigenvalue weighted by Crippen LogP contribution is 2.05. The third kappa shape index (κ3) is 3.83. The van der Waals surface area contributed by atoms with Crippen molar-refractivity contribution in [1.29, 1.82) is 0 Å². The minimum Gasteiger partial charge on any atom is -0.253 e. The second-order valence-electron chi connectivity index (χ2n) is 6.81. The lowest BCUT2D eigenvalue weighted by Gasteiger charge is -2.03. The number of rotatable bonds is 6. The van der Waals surface area contributed by atoms with E-state index in [4.69, 9.17) is 0 Å². The molecular weight excluding hydrogens is 376 g/mol. The second-order valence-corrected chi connectivity index (χ2v) is 6.81. The van der Waals surface area contributed by atoms with E-state index in [1.807, 2.05) is 83.0 Å². The van der Waals surface area contributed by atoms with Gasteiger partial charge in [-0.15, -0.1) is 0 Å². The minimum atomic E-state index is 0.629. The van der Waals surface area contributed by atoms with Crippen LogP contribution in [0.25, 0.3) is 11.6 Å². The van der Waals surface area contributed by atoms with E-state index in [1.165, 1.54) is 0 Å². The molecule has 0 aliphatic heterocycles. The maximum absolute atomic E-state index is 4.58. The van der Waals surface area contributed by atoms with E-state index in [9.17, 15) is 0 Å². The van der Waals surface area contributed by atoms with Gasteiger partial charge in [0.1, 0.15) is 49.3 Å². The SMILES string of the molecule is c1ccc(-n2cc[n+](Cc3nccnc3C[n+]3ccn(-c4ccccn4)c3)c2)nc1. The van der Waals surface area contributed by atoms with Crippen molar-refractivity contribution in [3.05, 3.63) is 110 Å². The van der Waals surface area contributed by atoms with Gasteiger partial charge in [0.05, 0.1) is 0 Å². The molecular formula is C22H20N8+2. The first-order valence-corrected chi connectivity index (χ1v) is 9.61. The largest absolute Gasteiger partial charge is 0.253 e. The fourth-order valence-corrected chi connectivity index (χ4v) is 3.27. The molecule has 0 N–H and O–H groups in total. The van der Waals surface area contributed by atoms with Gasteiger partial charge in [-0.05, 0) is 12.1 Å². The number of nitrogens with zero attached hydrogens (tertiary/aromatic N) is 8. The van der Waals surface area contributed by atoms with Gasteiger partial charge < -0.3 is 0 Å². The molecule has 5 aromatic heterocycles. The number of hydrogen-bond donors (Lipinski definition) is 0. The van der Waals surface area contributed by atoms with Crippen molar-refractivity contribution >= 4 is 0 Å². The lowest BCUT2D eigenvalue weighted by atomic mass is 10.3. The third-order valence-corrected chi connectivity index (χ3v) is 4.74. The standard InChI is InChI=1S/C22H20N8/c1-3-7-25-21(5-1)29-13-11-27(17-29)15-19-20(24-10-9-23-19)16-28-12-14-30(18-28)22-6-2-4-8-26-22/h1-14,17-18H,15-16H2/q+2. The molecule has 0 saturated heterocycles. The predicted molar refractivity (Wildman–Crippen MR) is 108 cm³/mol. The molecule has 0 radical (unpaired) electrons. The Morgan fingerprint density at radius 2 is 1.10 bits per heavy atom. The van der Waals surface area contributed by atoms with Crippen LogP contribution in [0.1, 0.15) is 11.4 Å². The average molecular weight is 396 g/mol. The van der Waals surface area contributed by atoms with Gasteiger partial charge in [-0.25, -0.2) is 19.1 Å². The van der Waals surface area contributed by atoms with Crippen molar-refractivity contribution in [2.45, 2.75) is 13.1 Å². The van der Waals surface area contributed by atoms with Gasteiger partial charge >= 0.3 is 0 Å². The molecule has 5 rings (SSSR count). The summed E-state index contributed by atoms with van der Waals surface area (Å²) in [6, 6.07) is 11.7. The molecule has 0 aliphatic rings. The van der Waals surface area contributed by atoms with Crippen molar-refractivity contribution in [3.63, 3.8) is 0 Å². The van der Waals surface area contributed by atoms with Gasteiger partial charge in [0, 0.05) is 36.9 Å². The molecule has 8 heteroatoms. The Labute approximate surface area is 173 Å². The molecule has 0 aromatic carbocycles. The topological polar surface area (TPSA) is 69.2 Å². The molecule has 146 valence electrons. The first-order chi connectivity index (χ1) is 14.8. The summed E-state index contributed by atoms with van der Waals surface area (Å²) < 4.78 is 8.12. The molecule has 0 saturated carbocycles. The van der Waals surface area contributed by atoms with Gasteiger partial charge in [0.2, 0.25) is 11.6 Å². The van der Waals surface area contributed by atoms with Gasteiger partial charge in [0.25, 0.3) is 12.7 Å². The van der Waals surface area contributed by atoms with E-state index in [2.05, 4.69) is 29.1 Å². The maximum Gasteiger partial charge on any atom is 0.250 e. The average Bonchev–Trinajstić information content (AvgIpc) is 3.46. The third-order valence-electron chi connectivity index (χ3n) is 4.74. The smallest absolute Gasteiger partial charge is 0.250 e. The molecule has 0 unspecified atom stereocenters. The summed E-state index contributed by atoms with van der Waals surface area (Å²) in [5, 5.41) is 0. The van der Waals surface area contributed by atoms with Gasteiger partial charge in [-0.1, -0.05) is 12.1 Å². The van der Waals surface area contributed by atoms with Crippen molar-refractivity contribution in [3.8, 4) is 11.6 Å². The predicted octanol–water partition coefficient (Wildman–Crippen LogP) is 1.52. The molecule has 0 amide bonds.